The Hall–Kier alpha value is -4.64. The second-order valence-electron chi connectivity index (χ2n) is 7.99. The summed E-state index contributed by atoms with van der Waals surface area (Å²) in [5, 5.41) is 9.95. The normalized spacial score (nSPS) is 13.2. The van der Waals surface area contributed by atoms with Crippen LogP contribution in [0.25, 0.3) is 5.00 Å². The fourth-order valence-corrected chi connectivity index (χ4v) is 4.35. The summed E-state index contributed by atoms with van der Waals surface area (Å²) in [5.74, 6) is 2.37. The van der Waals surface area contributed by atoms with E-state index in [0.717, 1.165) is 16.3 Å². The first-order chi connectivity index (χ1) is 19.1. The van der Waals surface area contributed by atoms with E-state index in [-0.39, 0.29) is 5.69 Å². The largest absolute Gasteiger partial charge is 0.493 e. The van der Waals surface area contributed by atoms with Gasteiger partial charge in [0, 0.05) is 31.9 Å². The van der Waals surface area contributed by atoms with Gasteiger partial charge in [0.05, 0.1) is 38.9 Å². The molecule has 0 aliphatic carbocycles. The molecule has 3 heterocycles. The summed E-state index contributed by atoms with van der Waals surface area (Å²) in [4.78, 5) is 21.4. The van der Waals surface area contributed by atoms with E-state index in [1.807, 2.05) is 36.6 Å². The fraction of sp³-hybridized carbons (Fsp3) is 0.214. The smallest absolute Gasteiger partial charge is 0.279 e. The zero-order valence-corrected chi connectivity index (χ0v) is 22.9. The van der Waals surface area contributed by atoms with E-state index >= 15 is 0 Å². The second kappa shape index (κ2) is 13.2. The number of hydrogen-bond donors (Lipinski definition) is 1. The van der Waals surface area contributed by atoms with Crippen molar-refractivity contribution in [3.8, 4) is 22.2 Å². The molecule has 4 rings (SSSR count). The molecule has 0 saturated carbocycles. The van der Waals surface area contributed by atoms with E-state index < -0.39 is 5.91 Å². The molecular formula is C28H29N5O5S. The molecule has 1 aliphatic heterocycles. The van der Waals surface area contributed by atoms with Gasteiger partial charge < -0.3 is 24.3 Å². The molecule has 11 heteroatoms. The first kappa shape index (κ1) is 27.4. The highest BCUT2D eigenvalue weighted by Gasteiger charge is 2.18. The predicted octanol–water partition coefficient (Wildman–Crippen LogP) is 5.04. The number of carbonyl (C=O) groups excluding carboxylic acids is 1. The van der Waals surface area contributed by atoms with Gasteiger partial charge in [-0.3, -0.25) is 14.8 Å². The maximum atomic E-state index is 12.8. The minimum atomic E-state index is -0.395. The number of nitrogens with zero attached hydrogens (tertiary/aromatic N) is 4. The Bertz CT molecular complexity index is 1450. The zero-order valence-electron chi connectivity index (χ0n) is 22.1. The van der Waals surface area contributed by atoms with E-state index in [2.05, 4.69) is 20.4 Å². The molecular weight excluding hydrogens is 518 g/mol. The standard InChI is InChI=1S/C28H29N5O5S/c1-5-37-25-18-33(26-9-7-13-39-26)32-27(25)28(34)31-11-6-8-21(17-29-2)38-20-10-12-30-22-16-24(36-4)23(35-3)15-19(22)14-20/h6-13,15-18H,5,14H2,1-4H3,(H,31,34)/b11-6+,21-8+,29-17-. The number of aliphatic imine (C=N–C) groups is 2. The third-order valence-electron chi connectivity index (χ3n) is 5.43. The number of nitrogens with one attached hydrogen (secondary N) is 1. The molecule has 0 unspecified atom stereocenters. The van der Waals surface area contributed by atoms with Gasteiger partial charge in [0.25, 0.3) is 5.91 Å². The molecule has 1 aromatic carbocycles. The van der Waals surface area contributed by atoms with Crippen LogP contribution in [0.4, 0.5) is 5.69 Å². The Morgan fingerprint density at radius 3 is 2.77 bits per heavy atom. The number of amides is 1. The third-order valence-corrected chi connectivity index (χ3v) is 6.29. The summed E-state index contributed by atoms with van der Waals surface area (Å²) in [7, 11) is 4.83. The number of ether oxygens (including phenoxy) is 4. The van der Waals surface area contributed by atoms with Crippen LogP contribution in [0.3, 0.4) is 0 Å². The molecule has 3 aromatic rings. The number of rotatable bonds is 11. The van der Waals surface area contributed by atoms with Gasteiger partial charge in [0.2, 0.25) is 0 Å². The van der Waals surface area contributed by atoms with Crippen molar-refractivity contribution in [2.24, 2.45) is 9.98 Å². The molecule has 39 heavy (non-hydrogen) atoms. The van der Waals surface area contributed by atoms with Crippen LogP contribution in [0.15, 0.2) is 81.8 Å². The second-order valence-corrected chi connectivity index (χ2v) is 8.91. The number of aromatic nitrogens is 2. The van der Waals surface area contributed by atoms with Crippen LogP contribution in [0, 0.1) is 0 Å². The number of fused-ring (bicyclic) bond motifs is 1. The van der Waals surface area contributed by atoms with Crippen LogP contribution >= 0.6 is 11.3 Å². The molecule has 0 fully saturated rings. The number of hydrogen-bond acceptors (Lipinski definition) is 9. The summed E-state index contributed by atoms with van der Waals surface area (Å²) in [6.07, 6.45) is 12.1. The topological polar surface area (TPSA) is 109 Å². The van der Waals surface area contributed by atoms with E-state index in [0.29, 0.717) is 41.8 Å². The van der Waals surface area contributed by atoms with Gasteiger partial charge in [-0.15, -0.1) is 11.3 Å². The number of methoxy groups -OCH3 is 2. The lowest BCUT2D eigenvalue weighted by molar-refractivity contribution is 0.0961. The van der Waals surface area contributed by atoms with E-state index in [9.17, 15) is 4.79 Å². The maximum Gasteiger partial charge on any atom is 0.279 e. The van der Waals surface area contributed by atoms with Crippen LogP contribution in [-0.4, -0.2) is 56.0 Å². The molecule has 0 atom stereocenters. The van der Waals surface area contributed by atoms with Crippen molar-refractivity contribution in [2.75, 3.05) is 27.9 Å². The van der Waals surface area contributed by atoms with Crippen molar-refractivity contribution < 1.29 is 23.7 Å². The van der Waals surface area contributed by atoms with Crippen LogP contribution in [-0.2, 0) is 11.2 Å². The molecule has 0 saturated heterocycles. The first-order valence-electron chi connectivity index (χ1n) is 12.1. The summed E-state index contributed by atoms with van der Waals surface area (Å²) < 4.78 is 24.2. The van der Waals surface area contributed by atoms with Crippen LogP contribution in [0.5, 0.6) is 17.2 Å². The van der Waals surface area contributed by atoms with Crippen LogP contribution in [0.1, 0.15) is 23.0 Å². The Labute approximate surface area is 230 Å². The van der Waals surface area contributed by atoms with Gasteiger partial charge in [-0.1, -0.05) is 0 Å². The monoisotopic (exact) mass is 547 g/mol. The Morgan fingerprint density at radius 1 is 1.23 bits per heavy atom. The number of allylic oxidation sites excluding steroid dienone is 5. The Kier molecular flexibility index (Phi) is 9.30. The quantitative estimate of drug-likeness (QED) is 0.205. The molecule has 1 N–H and O–H groups in total. The van der Waals surface area contributed by atoms with E-state index in [1.165, 1.54) is 17.5 Å². The maximum absolute atomic E-state index is 12.8. The molecule has 1 aliphatic rings. The molecule has 2 aromatic heterocycles. The van der Waals surface area contributed by atoms with E-state index in [1.54, 1.807) is 62.8 Å². The van der Waals surface area contributed by atoms with Crippen molar-refractivity contribution in [1.29, 1.82) is 0 Å². The van der Waals surface area contributed by atoms with Crippen LogP contribution in [0.2, 0.25) is 0 Å². The number of thiophene rings is 1. The third kappa shape index (κ3) is 6.82. The van der Waals surface area contributed by atoms with Gasteiger partial charge in [-0.25, -0.2) is 4.68 Å². The van der Waals surface area contributed by atoms with Crippen LogP contribution < -0.4 is 19.5 Å². The average Bonchev–Trinajstić information content (AvgIpc) is 3.58. The predicted molar refractivity (Wildman–Crippen MR) is 152 cm³/mol. The lowest BCUT2D eigenvalue weighted by Gasteiger charge is -2.13. The molecule has 0 spiro atoms. The molecule has 0 radical (unpaired) electrons. The fourth-order valence-electron chi connectivity index (χ4n) is 3.70. The lowest BCUT2D eigenvalue weighted by Crippen LogP contribution is -2.18. The Morgan fingerprint density at radius 2 is 2.05 bits per heavy atom. The minimum absolute atomic E-state index is 0.194. The summed E-state index contributed by atoms with van der Waals surface area (Å²) in [5.41, 5.74) is 1.89. The lowest BCUT2D eigenvalue weighted by atomic mass is 10.1. The summed E-state index contributed by atoms with van der Waals surface area (Å²) in [6, 6.07) is 7.55. The molecule has 0 bridgehead atoms. The highest BCUT2D eigenvalue weighted by Crippen LogP contribution is 2.36. The Balaban J connectivity index is 1.44. The molecule has 1 amide bonds. The number of carbonyl (C=O) groups is 1. The van der Waals surface area contributed by atoms with Gasteiger partial charge in [0.1, 0.15) is 16.5 Å². The van der Waals surface area contributed by atoms with Crippen molar-refractivity contribution in [2.45, 2.75) is 13.3 Å². The van der Waals surface area contributed by atoms with Gasteiger partial charge in [0.15, 0.2) is 22.9 Å². The van der Waals surface area contributed by atoms with Crippen molar-refractivity contribution in [3.63, 3.8) is 0 Å². The zero-order chi connectivity index (χ0) is 27.6. The van der Waals surface area contributed by atoms with Gasteiger partial charge in [-0.05, 0) is 54.3 Å². The summed E-state index contributed by atoms with van der Waals surface area (Å²) in [6.45, 7) is 2.27. The van der Waals surface area contributed by atoms with Crippen molar-refractivity contribution in [3.05, 3.63) is 83.0 Å². The molecule has 10 nitrogen and oxygen atoms in total. The summed E-state index contributed by atoms with van der Waals surface area (Å²) >= 11 is 1.51. The number of benzene rings is 1. The van der Waals surface area contributed by atoms with Gasteiger partial charge >= 0.3 is 0 Å². The minimum Gasteiger partial charge on any atom is -0.493 e. The van der Waals surface area contributed by atoms with Gasteiger partial charge in [-0.2, -0.15) is 5.10 Å². The highest BCUT2D eigenvalue weighted by atomic mass is 32.1. The SMILES string of the molecule is CCOc1cn(-c2cccs2)nc1C(=O)N/C=C/C=C(\C=N/C)OC1=CC=Nc2cc(OC)c(OC)cc2C1. The first-order valence-corrected chi connectivity index (χ1v) is 13.0. The van der Waals surface area contributed by atoms with Crippen molar-refractivity contribution >= 4 is 35.4 Å². The molecule has 202 valence electrons. The van der Waals surface area contributed by atoms with Crippen molar-refractivity contribution in [1.82, 2.24) is 15.1 Å². The average molecular weight is 548 g/mol. The highest BCUT2D eigenvalue weighted by molar-refractivity contribution is 7.12. The van der Waals surface area contributed by atoms with E-state index in [4.69, 9.17) is 18.9 Å².